The maximum absolute atomic E-state index is 13.0. The Morgan fingerprint density at radius 1 is 1.04 bits per heavy atom. The maximum atomic E-state index is 13.0. The second-order valence-electron chi connectivity index (χ2n) is 6.49. The molecule has 0 aromatic heterocycles. The lowest BCUT2D eigenvalue weighted by Crippen LogP contribution is -2.32. The molecule has 0 saturated carbocycles. The van der Waals surface area contributed by atoms with Gasteiger partial charge in [0.15, 0.2) is 9.84 Å². The molecule has 1 atom stereocenters. The predicted octanol–water partition coefficient (Wildman–Crippen LogP) is 2.63. The van der Waals surface area contributed by atoms with E-state index in [9.17, 15) is 16.8 Å². The first-order chi connectivity index (χ1) is 12.8. The lowest BCUT2D eigenvalue weighted by molar-refractivity contribution is 0.337. The predicted molar refractivity (Wildman–Crippen MR) is 103 cm³/mol. The van der Waals surface area contributed by atoms with Crippen LogP contribution in [-0.2, 0) is 19.9 Å². The van der Waals surface area contributed by atoms with Crippen LogP contribution in [0.2, 0.25) is 0 Å². The summed E-state index contributed by atoms with van der Waals surface area (Å²) in [6.45, 7) is 4.30. The number of benzene rings is 2. The molecule has 1 aliphatic heterocycles. The van der Waals surface area contributed by atoms with E-state index < -0.39 is 25.1 Å². The van der Waals surface area contributed by atoms with Crippen molar-refractivity contribution in [1.82, 2.24) is 4.31 Å². The van der Waals surface area contributed by atoms with Gasteiger partial charge in [-0.1, -0.05) is 18.2 Å². The summed E-state index contributed by atoms with van der Waals surface area (Å²) in [6.07, 6.45) is 0.284. The van der Waals surface area contributed by atoms with Crippen molar-refractivity contribution in [3.05, 3.63) is 54.1 Å². The summed E-state index contributed by atoms with van der Waals surface area (Å²) in [5.74, 6) is 0.641. The summed E-state index contributed by atoms with van der Waals surface area (Å²) in [5.41, 5.74) is 0.727. The lowest BCUT2D eigenvalue weighted by atomic mass is 10.2. The fourth-order valence-corrected chi connectivity index (χ4v) is 6.61. The number of sulfone groups is 1. The van der Waals surface area contributed by atoms with Crippen molar-refractivity contribution in [2.45, 2.75) is 35.3 Å². The monoisotopic (exact) mass is 409 g/mol. The fraction of sp³-hybridized carbons (Fsp3) is 0.368. The van der Waals surface area contributed by atoms with Crippen LogP contribution in [0.25, 0.3) is 0 Å². The van der Waals surface area contributed by atoms with Crippen LogP contribution in [-0.4, -0.2) is 46.1 Å². The van der Waals surface area contributed by atoms with Gasteiger partial charge in [-0.2, -0.15) is 4.31 Å². The van der Waals surface area contributed by atoms with E-state index >= 15 is 0 Å². The van der Waals surface area contributed by atoms with Gasteiger partial charge in [0.25, 0.3) is 0 Å². The van der Waals surface area contributed by atoms with Gasteiger partial charge in [0.2, 0.25) is 10.0 Å². The van der Waals surface area contributed by atoms with Crippen LogP contribution in [0.3, 0.4) is 0 Å². The molecule has 8 heteroatoms. The van der Waals surface area contributed by atoms with Crippen molar-refractivity contribution >= 4 is 19.9 Å². The first-order valence-corrected chi connectivity index (χ1v) is 11.8. The summed E-state index contributed by atoms with van der Waals surface area (Å²) in [4.78, 5) is 0.382. The van der Waals surface area contributed by atoms with E-state index in [2.05, 4.69) is 0 Å². The molecule has 0 aliphatic carbocycles. The standard InChI is InChI=1S/C19H23NO5S2/c1-3-25-19-10-9-17(13-15(19)2)27(23,24)20-12-11-18(14-20)26(21,22)16-7-5-4-6-8-16/h4-10,13,18H,3,11-12,14H2,1-2H3. The number of hydrogen-bond donors (Lipinski definition) is 0. The third-order valence-corrected chi connectivity index (χ3v) is 8.76. The number of aryl methyl sites for hydroxylation is 1. The van der Waals surface area contributed by atoms with Gasteiger partial charge in [-0.15, -0.1) is 0 Å². The van der Waals surface area contributed by atoms with Crippen LogP contribution in [0.1, 0.15) is 18.9 Å². The molecule has 2 aromatic carbocycles. The van der Waals surface area contributed by atoms with Gasteiger partial charge in [-0.25, -0.2) is 16.8 Å². The van der Waals surface area contributed by atoms with Gasteiger partial charge in [-0.3, -0.25) is 0 Å². The van der Waals surface area contributed by atoms with E-state index in [0.29, 0.717) is 12.4 Å². The van der Waals surface area contributed by atoms with E-state index in [4.69, 9.17) is 4.74 Å². The minimum atomic E-state index is -3.75. The molecule has 0 N–H and O–H groups in total. The zero-order chi connectivity index (χ0) is 19.7. The molecule has 146 valence electrons. The van der Waals surface area contributed by atoms with Crippen molar-refractivity contribution < 1.29 is 21.6 Å². The molecule has 1 fully saturated rings. The third-order valence-electron chi connectivity index (χ3n) is 4.70. The molecule has 0 bridgehead atoms. The highest BCUT2D eigenvalue weighted by Crippen LogP contribution is 2.29. The van der Waals surface area contributed by atoms with Gasteiger partial charge in [0, 0.05) is 13.1 Å². The highest BCUT2D eigenvalue weighted by atomic mass is 32.2. The summed E-state index contributed by atoms with van der Waals surface area (Å²) < 4.78 is 58.2. The van der Waals surface area contributed by atoms with Gasteiger partial charge in [-0.05, 0) is 56.2 Å². The van der Waals surface area contributed by atoms with E-state index in [1.54, 1.807) is 49.4 Å². The second-order valence-corrected chi connectivity index (χ2v) is 10.7. The number of sulfonamides is 1. The van der Waals surface area contributed by atoms with Gasteiger partial charge in [0.05, 0.1) is 21.6 Å². The Labute approximate surface area is 160 Å². The number of nitrogens with zero attached hydrogens (tertiary/aromatic N) is 1. The lowest BCUT2D eigenvalue weighted by Gasteiger charge is -2.18. The van der Waals surface area contributed by atoms with E-state index in [1.165, 1.54) is 10.4 Å². The number of rotatable bonds is 6. The molecule has 0 radical (unpaired) electrons. The maximum Gasteiger partial charge on any atom is 0.243 e. The smallest absolute Gasteiger partial charge is 0.243 e. The van der Waals surface area contributed by atoms with Crippen molar-refractivity contribution in [3.63, 3.8) is 0 Å². The highest BCUT2D eigenvalue weighted by molar-refractivity contribution is 7.92. The molecular formula is C19H23NO5S2. The van der Waals surface area contributed by atoms with Gasteiger partial charge < -0.3 is 4.74 Å². The Bertz CT molecular complexity index is 1020. The van der Waals surface area contributed by atoms with Crippen LogP contribution in [0.4, 0.5) is 0 Å². The Balaban J connectivity index is 1.83. The molecule has 3 rings (SSSR count). The quantitative estimate of drug-likeness (QED) is 0.733. The van der Waals surface area contributed by atoms with E-state index in [-0.39, 0.29) is 29.3 Å². The molecular weight excluding hydrogens is 386 g/mol. The molecule has 1 aliphatic rings. The topological polar surface area (TPSA) is 80.8 Å². The molecule has 1 unspecified atom stereocenters. The average Bonchev–Trinajstić information content (AvgIpc) is 3.16. The van der Waals surface area contributed by atoms with Gasteiger partial charge in [0.1, 0.15) is 5.75 Å². The van der Waals surface area contributed by atoms with Gasteiger partial charge >= 0.3 is 0 Å². The number of hydrogen-bond acceptors (Lipinski definition) is 5. The largest absolute Gasteiger partial charge is 0.494 e. The molecule has 2 aromatic rings. The van der Waals surface area contributed by atoms with Crippen molar-refractivity contribution in [3.8, 4) is 5.75 Å². The number of ether oxygens (including phenoxy) is 1. The van der Waals surface area contributed by atoms with Crippen LogP contribution in [0.15, 0.2) is 58.3 Å². The zero-order valence-corrected chi connectivity index (χ0v) is 17.0. The summed E-state index contributed by atoms with van der Waals surface area (Å²) in [5, 5.41) is -0.738. The highest BCUT2D eigenvalue weighted by Gasteiger charge is 2.39. The second kappa shape index (κ2) is 7.61. The fourth-order valence-electron chi connectivity index (χ4n) is 3.22. The molecule has 6 nitrogen and oxygen atoms in total. The average molecular weight is 410 g/mol. The molecule has 1 heterocycles. The summed E-state index contributed by atoms with van der Waals surface area (Å²) in [6, 6.07) is 12.9. The Morgan fingerprint density at radius 3 is 2.37 bits per heavy atom. The van der Waals surface area contributed by atoms with E-state index in [0.717, 1.165) is 5.56 Å². The van der Waals surface area contributed by atoms with E-state index in [1.807, 2.05) is 6.92 Å². The molecule has 0 spiro atoms. The Kier molecular flexibility index (Phi) is 5.60. The van der Waals surface area contributed by atoms with Crippen molar-refractivity contribution in [2.75, 3.05) is 19.7 Å². The Hall–Kier alpha value is -1.90. The molecule has 27 heavy (non-hydrogen) atoms. The normalized spacial score (nSPS) is 18.5. The van der Waals surface area contributed by atoms with Crippen molar-refractivity contribution in [2.24, 2.45) is 0 Å². The van der Waals surface area contributed by atoms with Crippen LogP contribution < -0.4 is 4.74 Å². The summed E-state index contributed by atoms with van der Waals surface area (Å²) >= 11 is 0. The van der Waals surface area contributed by atoms with Crippen LogP contribution in [0.5, 0.6) is 5.75 Å². The van der Waals surface area contributed by atoms with Crippen LogP contribution in [0, 0.1) is 6.92 Å². The third kappa shape index (κ3) is 3.88. The molecule has 1 saturated heterocycles. The van der Waals surface area contributed by atoms with Crippen molar-refractivity contribution in [1.29, 1.82) is 0 Å². The minimum Gasteiger partial charge on any atom is -0.494 e. The Morgan fingerprint density at radius 2 is 1.74 bits per heavy atom. The van der Waals surface area contributed by atoms with Crippen LogP contribution >= 0.6 is 0 Å². The molecule has 0 amide bonds. The summed E-state index contributed by atoms with van der Waals surface area (Å²) in [7, 11) is -7.32. The first-order valence-electron chi connectivity index (χ1n) is 8.79. The first kappa shape index (κ1) is 19.9. The zero-order valence-electron chi connectivity index (χ0n) is 15.3. The minimum absolute atomic E-state index is 0.0359. The SMILES string of the molecule is CCOc1ccc(S(=O)(=O)N2CCC(S(=O)(=O)c3ccccc3)C2)cc1C.